The number of ether oxygens (including phenoxy) is 1. The second-order valence-corrected chi connectivity index (χ2v) is 5.55. The van der Waals surface area contributed by atoms with Gasteiger partial charge in [-0.1, -0.05) is 0 Å². The van der Waals surface area contributed by atoms with Crippen LogP contribution < -0.4 is 15.4 Å². The smallest absolute Gasteiger partial charge is 0.291 e. The maximum Gasteiger partial charge on any atom is 0.291 e. The number of rotatable bonds is 4. The van der Waals surface area contributed by atoms with E-state index in [1.54, 1.807) is 48.5 Å². The summed E-state index contributed by atoms with van der Waals surface area (Å²) in [6.45, 7) is 0. The highest BCUT2D eigenvalue weighted by molar-refractivity contribution is 6.21. The summed E-state index contributed by atoms with van der Waals surface area (Å²) in [5.41, 5.74) is 1.20. The highest BCUT2D eigenvalue weighted by atomic mass is 16.5. The second kappa shape index (κ2) is 6.21. The first-order valence-corrected chi connectivity index (χ1v) is 7.73. The normalized spacial score (nSPS) is 12.5. The highest BCUT2D eigenvalue weighted by Crippen LogP contribution is 2.27. The number of imide groups is 1. The van der Waals surface area contributed by atoms with Gasteiger partial charge in [-0.05, 0) is 54.6 Å². The Hall–Kier alpha value is -3.87. The van der Waals surface area contributed by atoms with Crippen molar-refractivity contribution in [1.29, 1.82) is 0 Å². The quantitative estimate of drug-likeness (QED) is 0.706. The molecule has 3 aromatic rings. The molecule has 0 saturated heterocycles. The molecule has 1 aromatic heterocycles. The van der Waals surface area contributed by atoms with Crippen molar-refractivity contribution in [2.45, 2.75) is 0 Å². The Balaban J connectivity index is 1.46. The summed E-state index contributed by atoms with van der Waals surface area (Å²) in [7, 11) is 0. The third kappa shape index (κ3) is 2.93. The minimum Gasteiger partial charge on any atom is -0.459 e. The van der Waals surface area contributed by atoms with Crippen LogP contribution in [0.25, 0.3) is 0 Å². The molecule has 2 N–H and O–H groups in total. The number of carbonyl (C=O) groups is 3. The summed E-state index contributed by atoms with van der Waals surface area (Å²) < 4.78 is 10.7. The van der Waals surface area contributed by atoms with Crippen molar-refractivity contribution in [3.05, 3.63) is 77.7 Å². The van der Waals surface area contributed by atoms with Gasteiger partial charge in [-0.2, -0.15) is 0 Å². The second-order valence-electron chi connectivity index (χ2n) is 5.55. The number of furan rings is 1. The molecule has 0 fully saturated rings. The number of amides is 3. The predicted octanol–water partition coefficient (Wildman–Crippen LogP) is 3.21. The van der Waals surface area contributed by atoms with Gasteiger partial charge < -0.3 is 14.5 Å². The van der Waals surface area contributed by atoms with E-state index in [0.717, 1.165) is 0 Å². The molecule has 3 amide bonds. The Morgan fingerprint density at radius 3 is 2.38 bits per heavy atom. The van der Waals surface area contributed by atoms with Gasteiger partial charge in [0, 0.05) is 5.69 Å². The van der Waals surface area contributed by atoms with Gasteiger partial charge >= 0.3 is 0 Å². The van der Waals surface area contributed by atoms with E-state index in [2.05, 4.69) is 10.6 Å². The third-order valence-electron chi connectivity index (χ3n) is 3.80. The molecular weight excluding hydrogens is 336 g/mol. The zero-order valence-corrected chi connectivity index (χ0v) is 13.3. The monoisotopic (exact) mass is 348 g/mol. The van der Waals surface area contributed by atoms with Crippen molar-refractivity contribution in [2.24, 2.45) is 0 Å². The number of anilines is 1. The molecule has 0 saturated carbocycles. The van der Waals surface area contributed by atoms with Gasteiger partial charge in [-0.15, -0.1) is 0 Å². The van der Waals surface area contributed by atoms with Crippen molar-refractivity contribution >= 4 is 23.4 Å². The van der Waals surface area contributed by atoms with Crippen molar-refractivity contribution in [3.63, 3.8) is 0 Å². The minimum absolute atomic E-state index is 0.219. The van der Waals surface area contributed by atoms with Gasteiger partial charge in [0.1, 0.15) is 11.5 Å². The molecule has 4 rings (SSSR count). The maximum absolute atomic E-state index is 11.9. The zero-order chi connectivity index (χ0) is 18.1. The lowest BCUT2D eigenvalue weighted by molar-refractivity contribution is 0.0878. The molecule has 2 aromatic carbocycles. The fourth-order valence-electron chi connectivity index (χ4n) is 2.55. The molecule has 128 valence electrons. The van der Waals surface area contributed by atoms with Crippen LogP contribution >= 0.6 is 0 Å². The van der Waals surface area contributed by atoms with Crippen LogP contribution in [0.2, 0.25) is 0 Å². The van der Waals surface area contributed by atoms with Gasteiger partial charge in [-0.25, -0.2) is 0 Å². The van der Waals surface area contributed by atoms with E-state index in [1.165, 1.54) is 12.3 Å². The van der Waals surface area contributed by atoms with Gasteiger partial charge in [0.25, 0.3) is 17.7 Å². The van der Waals surface area contributed by atoms with Gasteiger partial charge in [-0.3, -0.25) is 19.7 Å². The van der Waals surface area contributed by atoms with Crippen LogP contribution in [0.4, 0.5) is 5.69 Å². The zero-order valence-electron chi connectivity index (χ0n) is 13.3. The Morgan fingerprint density at radius 1 is 0.923 bits per heavy atom. The Labute approximate surface area is 147 Å². The van der Waals surface area contributed by atoms with Crippen LogP contribution in [0, 0.1) is 0 Å². The first-order valence-electron chi connectivity index (χ1n) is 7.73. The molecule has 7 heteroatoms. The van der Waals surface area contributed by atoms with E-state index in [1.807, 2.05) is 0 Å². The molecule has 1 aliphatic rings. The molecule has 7 nitrogen and oxygen atoms in total. The SMILES string of the molecule is O=C(Nc1ccc(Oc2ccc3c(c2)C(=O)NC3=O)cc1)c1ccco1. The largest absolute Gasteiger partial charge is 0.459 e. The van der Waals surface area contributed by atoms with Crippen LogP contribution in [-0.2, 0) is 0 Å². The van der Waals surface area contributed by atoms with Gasteiger partial charge in [0.2, 0.25) is 0 Å². The lowest BCUT2D eigenvalue weighted by Gasteiger charge is -2.08. The van der Waals surface area contributed by atoms with Crippen molar-refractivity contribution < 1.29 is 23.5 Å². The Kier molecular flexibility index (Phi) is 3.74. The summed E-state index contributed by atoms with van der Waals surface area (Å²) in [5.74, 6) is -0.0273. The standard InChI is InChI=1S/C19H12N2O5/c22-17-14-8-7-13(10-15(14)18(23)21-17)26-12-5-3-11(4-6-12)20-19(24)16-2-1-9-25-16/h1-10H,(H,20,24)(H,21,22,23). The summed E-state index contributed by atoms with van der Waals surface area (Å²) in [6, 6.07) is 14.6. The summed E-state index contributed by atoms with van der Waals surface area (Å²) in [5, 5.41) is 4.93. The lowest BCUT2D eigenvalue weighted by Crippen LogP contribution is -2.19. The molecule has 0 atom stereocenters. The van der Waals surface area contributed by atoms with Crippen LogP contribution in [0.3, 0.4) is 0 Å². The average Bonchev–Trinajstić information content (AvgIpc) is 3.26. The number of hydrogen-bond donors (Lipinski definition) is 2. The fourth-order valence-corrected chi connectivity index (χ4v) is 2.55. The number of fused-ring (bicyclic) bond motifs is 1. The molecule has 26 heavy (non-hydrogen) atoms. The number of benzene rings is 2. The van der Waals surface area contributed by atoms with Crippen LogP contribution in [0.1, 0.15) is 31.3 Å². The summed E-state index contributed by atoms with van der Waals surface area (Å²) >= 11 is 0. The first-order chi connectivity index (χ1) is 12.6. The minimum atomic E-state index is -0.438. The molecule has 0 spiro atoms. The average molecular weight is 348 g/mol. The third-order valence-corrected chi connectivity index (χ3v) is 3.80. The van der Waals surface area contributed by atoms with Crippen LogP contribution in [0.5, 0.6) is 11.5 Å². The molecule has 2 heterocycles. The molecule has 0 aliphatic carbocycles. The topological polar surface area (TPSA) is 97.6 Å². The van der Waals surface area contributed by atoms with Gasteiger partial charge in [0.05, 0.1) is 17.4 Å². The molecule has 0 bridgehead atoms. The summed E-state index contributed by atoms with van der Waals surface area (Å²) in [6.07, 6.45) is 1.43. The fraction of sp³-hybridized carbons (Fsp3) is 0. The molecular formula is C19H12N2O5. The van der Waals surface area contributed by atoms with Crippen molar-refractivity contribution in [3.8, 4) is 11.5 Å². The number of hydrogen-bond acceptors (Lipinski definition) is 5. The van der Waals surface area contributed by atoms with Crippen molar-refractivity contribution in [1.82, 2.24) is 5.32 Å². The van der Waals surface area contributed by atoms with E-state index in [0.29, 0.717) is 22.7 Å². The summed E-state index contributed by atoms with van der Waals surface area (Å²) in [4.78, 5) is 35.1. The number of nitrogens with one attached hydrogen (secondary N) is 2. The Bertz CT molecular complexity index is 1010. The number of carbonyl (C=O) groups excluding carboxylic acids is 3. The first kappa shape index (κ1) is 15.6. The maximum atomic E-state index is 11.9. The van der Waals surface area contributed by atoms with Crippen LogP contribution in [-0.4, -0.2) is 17.7 Å². The van der Waals surface area contributed by atoms with E-state index in [9.17, 15) is 14.4 Å². The van der Waals surface area contributed by atoms with E-state index < -0.39 is 11.8 Å². The molecule has 0 unspecified atom stereocenters. The van der Waals surface area contributed by atoms with Crippen LogP contribution in [0.15, 0.2) is 65.3 Å². The van der Waals surface area contributed by atoms with E-state index in [-0.39, 0.29) is 17.2 Å². The van der Waals surface area contributed by atoms with E-state index >= 15 is 0 Å². The predicted molar refractivity (Wildman–Crippen MR) is 91.4 cm³/mol. The molecule has 1 aliphatic heterocycles. The molecule has 0 radical (unpaired) electrons. The van der Waals surface area contributed by atoms with E-state index in [4.69, 9.17) is 9.15 Å². The van der Waals surface area contributed by atoms with Gasteiger partial charge in [0.15, 0.2) is 5.76 Å². The van der Waals surface area contributed by atoms with Crippen molar-refractivity contribution in [2.75, 3.05) is 5.32 Å². The highest BCUT2D eigenvalue weighted by Gasteiger charge is 2.26. The lowest BCUT2D eigenvalue weighted by atomic mass is 10.1. The Morgan fingerprint density at radius 2 is 1.65 bits per heavy atom.